The topological polar surface area (TPSA) is 55.2 Å². The van der Waals surface area contributed by atoms with E-state index in [4.69, 9.17) is 0 Å². The molecule has 23 heavy (non-hydrogen) atoms. The first-order valence-electron chi connectivity index (χ1n) is 8.30. The van der Waals surface area contributed by atoms with Gasteiger partial charge in [-0.3, -0.25) is 9.59 Å². The fourth-order valence-electron chi connectivity index (χ4n) is 3.59. The number of benzene rings is 1. The van der Waals surface area contributed by atoms with Crippen LogP contribution in [-0.2, 0) is 6.54 Å². The Balaban J connectivity index is 2.10. The van der Waals surface area contributed by atoms with Crippen molar-refractivity contribution in [2.45, 2.75) is 33.7 Å². The number of piperidine rings is 1. The van der Waals surface area contributed by atoms with E-state index in [1.807, 2.05) is 30.0 Å². The lowest BCUT2D eigenvalue weighted by atomic mass is 9.91. The van der Waals surface area contributed by atoms with Crippen molar-refractivity contribution in [2.75, 3.05) is 13.1 Å². The smallest absolute Gasteiger partial charge is 0.274 e. The van der Waals surface area contributed by atoms with Crippen LogP contribution in [0.2, 0.25) is 0 Å². The van der Waals surface area contributed by atoms with Crippen molar-refractivity contribution in [3.63, 3.8) is 0 Å². The highest BCUT2D eigenvalue weighted by atomic mass is 16.2. The number of likely N-dealkylation sites (tertiary alicyclic amines) is 1. The summed E-state index contributed by atoms with van der Waals surface area (Å²) in [6, 6.07) is 7.25. The number of hydrogen-bond acceptors (Lipinski definition) is 3. The molecular weight excluding hydrogens is 290 g/mol. The zero-order valence-corrected chi connectivity index (χ0v) is 14.0. The van der Waals surface area contributed by atoms with Crippen molar-refractivity contribution in [3.05, 3.63) is 40.3 Å². The van der Waals surface area contributed by atoms with Crippen LogP contribution in [0, 0.1) is 11.8 Å². The summed E-state index contributed by atoms with van der Waals surface area (Å²) in [4.78, 5) is 27.3. The van der Waals surface area contributed by atoms with Gasteiger partial charge < -0.3 is 4.90 Å². The molecule has 2 aromatic rings. The van der Waals surface area contributed by atoms with Gasteiger partial charge in [0.25, 0.3) is 11.5 Å². The van der Waals surface area contributed by atoms with E-state index in [2.05, 4.69) is 18.9 Å². The first-order valence-corrected chi connectivity index (χ1v) is 8.30. The van der Waals surface area contributed by atoms with E-state index in [-0.39, 0.29) is 11.5 Å². The third-order valence-corrected chi connectivity index (χ3v) is 4.53. The second-order valence-corrected chi connectivity index (χ2v) is 6.67. The van der Waals surface area contributed by atoms with Gasteiger partial charge in [-0.05, 0) is 31.2 Å². The predicted octanol–water partition coefficient (Wildman–Crippen LogP) is 2.53. The van der Waals surface area contributed by atoms with Crippen molar-refractivity contribution < 1.29 is 4.79 Å². The molecule has 3 rings (SSSR count). The number of carbonyl (C=O) groups excluding carboxylic acids is 1. The van der Waals surface area contributed by atoms with Crippen LogP contribution >= 0.6 is 0 Å². The lowest BCUT2D eigenvalue weighted by molar-refractivity contribution is 0.0617. The molecule has 1 aromatic heterocycles. The minimum absolute atomic E-state index is 0.0678. The Hall–Kier alpha value is -2.17. The summed E-state index contributed by atoms with van der Waals surface area (Å²) in [6.45, 7) is 8.18. The Morgan fingerprint density at radius 2 is 1.78 bits per heavy atom. The SMILES string of the molecule is CCn1nc(C(=O)N2C[C@@H](C)C[C@H](C)C2)c2ccccc2c1=O. The zero-order chi connectivity index (χ0) is 16.6. The molecule has 0 radical (unpaired) electrons. The van der Waals surface area contributed by atoms with Gasteiger partial charge >= 0.3 is 0 Å². The molecule has 0 aliphatic carbocycles. The van der Waals surface area contributed by atoms with Gasteiger partial charge in [0.2, 0.25) is 0 Å². The van der Waals surface area contributed by atoms with Crippen molar-refractivity contribution in [2.24, 2.45) is 11.8 Å². The highest BCUT2D eigenvalue weighted by Gasteiger charge is 2.28. The van der Waals surface area contributed by atoms with E-state index in [0.717, 1.165) is 19.5 Å². The van der Waals surface area contributed by atoms with E-state index >= 15 is 0 Å². The summed E-state index contributed by atoms with van der Waals surface area (Å²) in [5.41, 5.74) is 0.253. The Morgan fingerprint density at radius 3 is 2.39 bits per heavy atom. The van der Waals surface area contributed by atoms with Gasteiger partial charge in [-0.2, -0.15) is 5.10 Å². The summed E-state index contributed by atoms with van der Waals surface area (Å²) >= 11 is 0. The van der Waals surface area contributed by atoms with E-state index in [9.17, 15) is 9.59 Å². The number of aromatic nitrogens is 2. The molecule has 5 heteroatoms. The van der Waals surface area contributed by atoms with Crippen LogP contribution < -0.4 is 5.56 Å². The van der Waals surface area contributed by atoms with Crippen LogP contribution in [0.4, 0.5) is 0 Å². The third kappa shape index (κ3) is 2.87. The normalized spacial score (nSPS) is 21.6. The van der Waals surface area contributed by atoms with Gasteiger partial charge in [0.15, 0.2) is 5.69 Å². The number of nitrogens with zero attached hydrogens (tertiary/aromatic N) is 3. The van der Waals surface area contributed by atoms with Crippen LogP contribution in [0.3, 0.4) is 0 Å². The molecule has 0 unspecified atom stereocenters. The quantitative estimate of drug-likeness (QED) is 0.856. The van der Waals surface area contributed by atoms with Gasteiger partial charge in [-0.25, -0.2) is 4.68 Å². The molecule has 2 heterocycles. The molecule has 1 aliphatic rings. The monoisotopic (exact) mass is 313 g/mol. The first kappa shape index (κ1) is 15.7. The molecule has 5 nitrogen and oxygen atoms in total. The molecule has 1 amide bonds. The molecule has 1 saturated heterocycles. The first-order chi connectivity index (χ1) is 11.0. The molecule has 1 aromatic carbocycles. The van der Waals surface area contributed by atoms with Gasteiger partial charge in [-0.1, -0.05) is 32.0 Å². The summed E-state index contributed by atoms with van der Waals surface area (Å²) in [6.07, 6.45) is 1.15. The van der Waals surface area contributed by atoms with Gasteiger partial charge in [-0.15, -0.1) is 0 Å². The molecule has 1 fully saturated rings. The van der Waals surface area contributed by atoms with Crippen molar-refractivity contribution in [3.8, 4) is 0 Å². The fourth-order valence-corrected chi connectivity index (χ4v) is 3.59. The van der Waals surface area contributed by atoms with Crippen molar-refractivity contribution in [1.29, 1.82) is 0 Å². The predicted molar refractivity (Wildman–Crippen MR) is 90.5 cm³/mol. The van der Waals surface area contributed by atoms with Crippen LogP contribution in [0.15, 0.2) is 29.1 Å². The maximum atomic E-state index is 13.0. The van der Waals surface area contributed by atoms with E-state index in [0.29, 0.717) is 34.8 Å². The number of rotatable bonds is 2. The molecule has 0 bridgehead atoms. The molecule has 0 N–H and O–H groups in total. The number of carbonyl (C=O) groups is 1. The zero-order valence-electron chi connectivity index (χ0n) is 14.0. The van der Waals surface area contributed by atoms with E-state index in [1.165, 1.54) is 4.68 Å². The maximum Gasteiger partial charge on any atom is 0.274 e. The second-order valence-electron chi connectivity index (χ2n) is 6.67. The fraction of sp³-hybridized carbons (Fsp3) is 0.500. The standard InChI is InChI=1S/C18H23N3O2/c1-4-21-17(22)15-8-6-5-7-14(15)16(19-21)18(23)20-10-12(2)9-13(3)11-20/h5-8,12-13H,4,9-11H2,1-3H3/t12-,13-/m0/s1. The Morgan fingerprint density at radius 1 is 1.17 bits per heavy atom. The minimum Gasteiger partial charge on any atom is -0.337 e. The number of hydrogen-bond donors (Lipinski definition) is 0. The number of amides is 1. The van der Waals surface area contributed by atoms with Crippen LogP contribution in [0.1, 0.15) is 37.7 Å². The summed E-state index contributed by atoms with van der Waals surface area (Å²) in [5.74, 6) is 0.916. The maximum absolute atomic E-state index is 13.0. The van der Waals surface area contributed by atoms with Crippen LogP contribution in [0.5, 0.6) is 0 Å². The van der Waals surface area contributed by atoms with Crippen molar-refractivity contribution >= 4 is 16.7 Å². The highest BCUT2D eigenvalue weighted by Crippen LogP contribution is 2.23. The van der Waals surface area contributed by atoms with Crippen LogP contribution in [0.25, 0.3) is 10.8 Å². The van der Waals surface area contributed by atoms with Crippen LogP contribution in [-0.4, -0.2) is 33.7 Å². The van der Waals surface area contributed by atoms with Gasteiger partial charge in [0.05, 0.1) is 5.39 Å². The molecular formula is C18H23N3O2. The Kier molecular flexibility index (Phi) is 4.20. The summed E-state index contributed by atoms with van der Waals surface area (Å²) in [7, 11) is 0. The lowest BCUT2D eigenvalue weighted by Crippen LogP contribution is -2.43. The molecule has 0 spiro atoms. The molecule has 0 saturated carbocycles. The van der Waals surface area contributed by atoms with E-state index < -0.39 is 0 Å². The Bertz CT molecular complexity index is 786. The van der Waals surface area contributed by atoms with Crippen molar-refractivity contribution in [1.82, 2.24) is 14.7 Å². The molecule has 1 aliphatic heterocycles. The molecule has 2 atom stereocenters. The lowest BCUT2D eigenvalue weighted by Gasteiger charge is -2.35. The number of aryl methyl sites for hydroxylation is 1. The average Bonchev–Trinajstić information content (AvgIpc) is 2.54. The van der Waals surface area contributed by atoms with Gasteiger partial charge in [0, 0.05) is 25.0 Å². The average molecular weight is 313 g/mol. The highest BCUT2D eigenvalue weighted by molar-refractivity contribution is 6.04. The largest absolute Gasteiger partial charge is 0.337 e. The minimum atomic E-state index is -0.139. The van der Waals surface area contributed by atoms with Gasteiger partial charge in [0.1, 0.15) is 0 Å². The summed E-state index contributed by atoms with van der Waals surface area (Å²) in [5, 5.41) is 5.57. The third-order valence-electron chi connectivity index (χ3n) is 4.53. The molecule has 122 valence electrons. The summed E-state index contributed by atoms with van der Waals surface area (Å²) < 4.78 is 1.38. The second kappa shape index (κ2) is 6.14. The Labute approximate surface area is 135 Å². The number of fused-ring (bicyclic) bond motifs is 1. The van der Waals surface area contributed by atoms with E-state index in [1.54, 1.807) is 6.07 Å².